The van der Waals surface area contributed by atoms with Crippen LogP contribution in [0.15, 0.2) is 12.1 Å². The Morgan fingerprint density at radius 2 is 2.00 bits per heavy atom. The lowest BCUT2D eigenvalue weighted by Gasteiger charge is -2.19. The normalized spacial score (nSPS) is 11.4. The molecule has 1 rings (SSSR count). The minimum Gasteiger partial charge on any atom is -0.465 e. The average Bonchev–Trinajstić information content (AvgIpc) is 2.19. The Balaban J connectivity index is 3.39. The molecule has 1 aromatic rings. The predicted molar refractivity (Wildman–Crippen MR) is 57.7 cm³/mol. The molecule has 0 radical (unpaired) electrons. The first-order chi connectivity index (χ1) is 7.27. The molecular formula is C12H15FO3. The van der Waals surface area contributed by atoms with E-state index in [2.05, 4.69) is 4.74 Å². The van der Waals surface area contributed by atoms with E-state index in [1.54, 1.807) is 0 Å². The highest BCUT2D eigenvalue weighted by molar-refractivity contribution is 5.91. The first-order valence-corrected chi connectivity index (χ1v) is 4.88. The SMILES string of the molecule is COC(=O)c1cc(C(C)(C)O)cc(F)c1C. The summed E-state index contributed by atoms with van der Waals surface area (Å²) in [5.41, 5.74) is -0.493. The van der Waals surface area contributed by atoms with E-state index in [9.17, 15) is 14.3 Å². The molecule has 0 heterocycles. The van der Waals surface area contributed by atoms with Crippen molar-refractivity contribution in [3.8, 4) is 0 Å². The van der Waals surface area contributed by atoms with Gasteiger partial charge in [0.1, 0.15) is 5.82 Å². The molecule has 1 aromatic carbocycles. The molecule has 0 aliphatic carbocycles. The number of rotatable bonds is 2. The van der Waals surface area contributed by atoms with Gasteiger partial charge in [-0.05, 0) is 44.0 Å². The van der Waals surface area contributed by atoms with E-state index in [0.29, 0.717) is 5.56 Å². The molecular weight excluding hydrogens is 211 g/mol. The zero-order chi connectivity index (χ0) is 12.5. The predicted octanol–water partition coefficient (Wildman–Crippen LogP) is 2.15. The highest BCUT2D eigenvalue weighted by Gasteiger charge is 2.22. The van der Waals surface area contributed by atoms with Crippen molar-refractivity contribution in [1.29, 1.82) is 0 Å². The molecule has 0 aliphatic heterocycles. The fourth-order valence-electron chi connectivity index (χ4n) is 1.35. The minimum atomic E-state index is -1.20. The van der Waals surface area contributed by atoms with Gasteiger partial charge in [0.05, 0.1) is 18.3 Å². The van der Waals surface area contributed by atoms with Crippen LogP contribution in [0.1, 0.15) is 35.3 Å². The van der Waals surface area contributed by atoms with Crippen LogP contribution in [-0.4, -0.2) is 18.2 Å². The second kappa shape index (κ2) is 4.22. The highest BCUT2D eigenvalue weighted by atomic mass is 19.1. The molecule has 0 bridgehead atoms. The van der Waals surface area contributed by atoms with Gasteiger partial charge in [-0.15, -0.1) is 0 Å². The van der Waals surface area contributed by atoms with Gasteiger partial charge in [0.15, 0.2) is 0 Å². The summed E-state index contributed by atoms with van der Waals surface area (Å²) in [6, 6.07) is 2.67. The fraction of sp³-hybridized carbons (Fsp3) is 0.417. The third-order valence-electron chi connectivity index (χ3n) is 2.46. The van der Waals surface area contributed by atoms with Crippen molar-refractivity contribution < 1.29 is 19.0 Å². The summed E-state index contributed by atoms with van der Waals surface area (Å²) >= 11 is 0. The van der Waals surface area contributed by atoms with E-state index in [4.69, 9.17) is 0 Å². The summed E-state index contributed by atoms with van der Waals surface area (Å²) in [7, 11) is 1.23. The van der Waals surface area contributed by atoms with Gasteiger partial charge in [-0.1, -0.05) is 0 Å². The summed E-state index contributed by atoms with van der Waals surface area (Å²) in [5, 5.41) is 9.76. The van der Waals surface area contributed by atoms with Gasteiger partial charge < -0.3 is 9.84 Å². The van der Waals surface area contributed by atoms with Crippen LogP contribution < -0.4 is 0 Å². The second-order valence-corrected chi connectivity index (χ2v) is 4.18. The van der Waals surface area contributed by atoms with Crippen molar-refractivity contribution in [3.05, 3.63) is 34.6 Å². The van der Waals surface area contributed by atoms with E-state index >= 15 is 0 Å². The molecule has 16 heavy (non-hydrogen) atoms. The van der Waals surface area contributed by atoms with Crippen LogP contribution in [0.2, 0.25) is 0 Å². The Morgan fingerprint density at radius 1 is 1.44 bits per heavy atom. The quantitative estimate of drug-likeness (QED) is 0.786. The summed E-state index contributed by atoms with van der Waals surface area (Å²) in [6.45, 7) is 4.55. The molecule has 3 nitrogen and oxygen atoms in total. The first kappa shape index (κ1) is 12.6. The molecule has 0 aliphatic rings. The van der Waals surface area contributed by atoms with Crippen LogP contribution in [0.25, 0.3) is 0 Å². The van der Waals surface area contributed by atoms with Crippen molar-refractivity contribution >= 4 is 5.97 Å². The van der Waals surface area contributed by atoms with E-state index in [-0.39, 0.29) is 11.1 Å². The van der Waals surface area contributed by atoms with Crippen molar-refractivity contribution in [2.75, 3.05) is 7.11 Å². The molecule has 0 saturated carbocycles. The maximum absolute atomic E-state index is 13.5. The number of ether oxygens (including phenoxy) is 1. The minimum absolute atomic E-state index is 0.139. The van der Waals surface area contributed by atoms with Crippen LogP contribution >= 0.6 is 0 Å². The summed E-state index contributed by atoms with van der Waals surface area (Å²) in [4.78, 5) is 11.4. The number of esters is 1. The zero-order valence-electron chi connectivity index (χ0n) is 9.80. The van der Waals surface area contributed by atoms with Gasteiger partial charge in [-0.25, -0.2) is 9.18 Å². The number of hydrogen-bond donors (Lipinski definition) is 1. The maximum atomic E-state index is 13.5. The molecule has 0 saturated heterocycles. The third kappa shape index (κ3) is 2.39. The van der Waals surface area contributed by atoms with E-state index in [0.717, 1.165) is 0 Å². The second-order valence-electron chi connectivity index (χ2n) is 4.18. The molecule has 0 unspecified atom stereocenters. The lowest BCUT2D eigenvalue weighted by atomic mass is 9.94. The van der Waals surface area contributed by atoms with Crippen LogP contribution in [0.5, 0.6) is 0 Å². The van der Waals surface area contributed by atoms with Crippen molar-refractivity contribution in [2.24, 2.45) is 0 Å². The fourth-order valence-corrected chi connectivity index (χ4v) is 1.35. The Hall–Kier alpha value is -1.42. The Bertz CT molecular complexity index is 419. The molecule has 0 atom stereocenters. The van der Waals surface area contributed by atoms with Gasteiger partial charge in [-0.2, -0.15) is 0 Å². The number of hydrogen-bond acceptors (Lipinski definition) is 3. The van der Waals surface area contributed by atoms with Gasteiger partial charge in [-0.3, -0.25) is 0 Å². The standard InChI is InChI=1S/C12H15FO3/c1-7-9(11(14)16-4)5-8(6-10(7)13)12(2,3)15/h5-6,15H,1-4H3. The lowest BCUT2D eigenvalue weighted by Crippen LogP contribution is -2.18. The maximum Gasteiger partial charge on any atom is 0.338 e. The number of benzene rings is 1. The van der Waals surface area contributed by atoms with Crippen LogP contribution in [-0.2, 0) is 10.3 Å². The van der Waals surface area contributed by atoms with Gasteiger partial charge >= 0.3 is 5.97 Å². The van der Waals surface area contributed by atoms with E-state index in [1.807, 2.05) is 0 Å². The monoisotopic (exact) mass is 226 g/mol. The molecule has 0 fully saturated rings. The summed E-state index contributed by atoms with van der Waals surface area (Å²) in [6.07, 6.45) is 0. The van der Waals surface area contributed by atoms with Gasteiger partial charge in [0, 0.05) is 0 Å². The summed E-state index contributed by atoms with van der Waals surface area (Å²) < 4.78 is 18.1. The number of methoxy groups -OCH3 is 1. The molecule has 4 heteroatoms. The van der Waals surface area contributed by atoms with Crippen molar-refractivity contribution in [1.82, 2.24) is 0 Å². The third-order valence-corrected chi connectivity index (χ3v) is 2.46. The zero-order valence-corrected chi connectivity index (χ0v) is 9.80. The molecule has 88 valence electrons. The first-order valence-electron chi connectivity index (χ1n) is 4.88. The number of halogens is 1. The number of aliphatic hydroxyl groups is 1. The van der Waals surface area contributed by atoms with E-state index in [1.165, 1.54) is 40.0 Å². The van der Waals surface area contributed by atoms with E-state index < -0.39 is 17.4 Å². The largest absolute Gasteiger partial charge is 0.465 e. The van der Waals surface area contributed by atoms with Crippen LogP contribution in [0, 0.1) is 12.7 Å². The summed E-state index contributed by atoms with van der Waals surface area (Å²) in [5.74, 6) is -1.14. The van der Waals surface area contributed by atoms with Crippen molar-refractivity contribution in [2.45, 2.75) is 26.4 Å². The van der Waals surface area contributed by atoms with Crippen LogP contribution in [0.3, 0.4) is 0 Å². The Morgan fingerprint density at radius 3 is 2.44 bits per heavy atom. The average molecular weight is 226 g/mol. The van der Waals surface area contributed by atoms with Crippen LogP contribution in [0.4, 0.5) is 4.39 Å². The molecule has 0 spiro atoms. The van der Waals surface area contributed by atoms with Crippen molar-refractivity contribution in [3.63, 3.8) is 0 Å². The molecule has 0 amide bonds. The molecule has 1 N–H and O–H groups in total. The lowest BCUT2D eigenvalue weighted by molar-refractivity contribution is 0.0596. The Kier molecular flexibility index (Phi) is 3.33. The molecule has 0 aromatic heterocycles. The topological polar surface area (TPSA) is 46.5 Å². The van der Waals surface area contributed by atoms with Gasteiger partial charge in [0.2, 0.25) is 0 Å². The van der Waals surface area contributed by atoms with Gasteiger partial charge in [0.25, 0.3) is 0 Å². The number of carbonyl (C=O) groups excluding carboxylic acids is 1. The smallest absolute Gasteiger partial charge is 0.338 e. The number of carbonyl (C=O) groups is 1. The highest BCUT2D eigenvalue weighted by Crippen LogP contribution is 2.25. The Labute approximate surface area is 93.9 Å².